The second-order valence-corrected chi connectivity index (χ2v) is 6.42. The van der Waals surface area contributed by atoms with Crippen LogP contribution in [0.1, 0.15) is 79.1 Å². The summed E-state index contributed by atoms with van der Waals surface area (Å²) in [6.45, 7) is 9.12. The molecular weight excluding hydrogens is 200 g/mol. The van der Waals surface area contributed by atoms with Gasteiger partial charge in [0.25, 0.3) is 0 Å². The Balaban J connectivity index is 3.24. The standard InChI is InChI=1S/C14H30S/c1-5-6-7-8-9-10-11-12-13(15)14(2,3)4/h13,15H,5-12H2,1-4H3. The Morgan fingerprint density at radius 1 is 0.867 bits per heavy atom. The monoisotopic (exact) mass is 230 g/mol. The van der Waals surface area contributed by atoms with Crippen LogP contribution in [-0.2, 0) is 0 Å². The van der Waals surface area contributed by atoms with Crippen LogP contribution in [0.4, 0.5) is 0 Å². The zero-order valence-electron chi connectivity index (χ0n) is 11.2. The van der Waals surface area contributed by atoms with Crippen molar-refractivity contribution in [2.24, 2.45) is 5.41 Å². The van der Waals surface area contributed by atoms with E-state index >= 15 is 0 Å². The Labute approximate surface area is 103 Å². The summed E-state index contributed by atoms with van der Waals surface area (Å²) in [5, 5.41) is 0.563. The molecule has 0 aromatic rings. The van der Waals surface area contributed by atoms with Crippen molar-refractivity contribution in [2.75, 3.05) is 0 Å². The lowest BCUT2D eigenvalue weighted by Gasteiger charge is -2.26. The van der Waals surface area contributed by atoms with Gasteiger partial charge in [0.2, 0.25) is 0 Å². The van der Waals surface area contributed by atoms with Crippen molar-refractivity contribution in [1.82, 2.24) is 0 Å². The maximum atomic E-state index is 4.67. The van der Waals surface area contributed by atoms with Gasteiger partial charge in [0, 0.05) is 5.25 Å². The van der Waals surface area contributed by atoms with Crippen LogP contribution in [0.5, 0.6) is 0 Å². The van der Waals surface area contributed by atoms with Gasteiger partial charge in [-0.2, -0.15) is 12.6 Å². The van der Waals surface area contributed by atoms with Crippen molar-refractivity contribution in [1.29, 1.82) is 0 Å². The van der Waals surface area contributed by atoms with E-state index in [2.05, 4.69) is 40.3 Å². The molecule has 0 saturated heterocycles. The minimum Gasteiger partial charge on any atom is -0.175 e. The molecule has 1 atom stereocenters. The molecule has 0 N–H and O–H groups in total. The first-order valence-corrected chi connectivity index (χ1v) is 7.18. The van der Waals surface area contributed by atoms with Crippen molar-refractivity contribution in [3.63, 3.8) is 0 Å². The zero-order chi connectivity index (χ0) is 11.7. The molecule has 92 valence electrons. The quantitative estimate of drug-likeness (QED) is 0.415. The number of unbranched alkanes of at least 4 members (excludes halogenated alkanes) is 6. The van der Waals surface area contributed by atoms with Gasteiger partial charge in [0.05, 0.1) is 0 Å². The molecule has 0 aliphatic carbocycles. The van der Waals surface area contributed by atoms with Crippen LogP contribution in [0, 0.1) is 5.41 Å². The second-order valence-electron chi connectivity index (χ2n) is 5.79. The number of rotatable bonds is 8. The van der Waals surface area contributed by atoms with E-state index in [0.29, 0.717) is 10.7 Å². The van der Waals surface area contributed by atoms with E-state index in [4.69, 9.17) is 0 Å². The zero-order valence-corrected chi connectivity index (χ0v) is 12.1. The minimum absolute atomic E-state index is 0.366. The van der Waals surface area contributed by atoms with E-state index in [1.165, 1.54) is 51.4 Å². The van der Waals surface area contributed by atoms with Gasteiger partial charge in [-0.05, 0) is 11.8 Å². The van der Waals surface area contributed by atoms with E-state index in [9.17, 15) is 0 Å². The first kappa shape index (κ1) is 15.3. The van der Waals surface area contributed by atoms with Crippen LogP contribution in [0.15, 0.2) is 0 Å². The van der Waals surface area contributed by atoms with Crippen molar-refractivity contribution >= 4 is 12.6 Å². The van der Waals surface area contributed by atoms with Gasteiger partial charge in [-0.1, -0.05) is 72.6 Å². The predicted octanol–water partition coefficient (Wildman–Crippen LogP) is 5.47. The Bertz CT molecular complexity index is 135. The molecular formula is C14H30S. The largest absolute Gasteiger partial charge is 0.175 e. The minimum atomic E-state index is 0.366. The fourth-order valence-corrected chi connectivity index (χ4v) is 1.91. The van der Waals surface area contributed by atoms with Crippen molar-refractivity contribution in [3.8, 4) is 0 Å². The smallest absolute Gasteiger partial charge is 0.00653 e. The Hall–Kier alpha value is 0.350. The van der Waals surface area contributed by atoms with Gasteiger partial charge in [-0.25, -0.2) is 0 Å². The highest BCUT2D eigenvalue weighted by Crippen LogP contribution is 2.28. The molecule has 0 heterocycles. The van der Waals surface area contributed by atoms with Gasteiger partial charge in [0.15, 0.2) is 0 Å². The van der Waals surface area contributed by atoms with Crippen molar-refractivity contribution < 1.29 is 0 Å². The van der Waals surface area contributed by atoms with E-state index in [1.807, 2.05) is 0 Å². The summed E-state index contributed by atoms with van der Waals surface area (Å²) < 4.78 is 0. The van der Waals surface area contributed by atoms with Crippen molar-refractivity contribution in [3.05, 3.63) is 0 Å². The summed E-state index contributed by atoms with van der Waals surface area (Å²) in [6, 6.07) is 0. The molecule has 0 aromatic heterocycles. The summed E-state index contributed by atoms with van der Waals surface area (Å²) in [4.78, 5) is 0. The molecule has 0 rings (SSSR count). The lowest BCUT2D eigenvalue weighted by molar-refractivity contribution is 0.372. The normalized spacial score (nSPS) is 14.2. The van der Waals surface area contributed by atoms with Crippen LogP contribution in [-0.4, -0.2) is 5.25 Å². The van der Waals surface area contributed by atoms with Crippen LogP contribution < -0.4 is 0 Å². The average molecular weight is 230 g/mol. The maximum absolute atomic E-state index is 4.67. The third-order valence-corrected chi connectivity index (χ3v) is 4.11. The molecule has 15 heavy (non-hydrogen) atoms. The summed E-state index contributed by atoms with van der Waals surface area (Å²) in [7, 11) is 0. The highest BCUT2D eigenvalue weighted by atomic mass is 32.1. The summed E-state index contributed by atoms with van der Waals surface area (Å²) >= 11 is 4.67. The molecule has 1 heteroatoms. The molecule has 0 spiro atoms. The molecule has 0 saturated carbocycles. The van der Waals surface area contributed by atoms with Crippen molar-refractivity contribution in [2.45, 2.75) is 84.3 Å². The Kier molecular flexibility index (Phi) is 8.69. The van der Waals surface area contributed by atoms with Gasteiger partial charge in [0.1, 0.15) is 0 Å². The van der Waals surface area contributed by atoms with Crippen LogP contribution >= 0.6 is 12.6 Å². The van der Waals surface area contributed by atoms with Crippen LogP contribution in [0.25, 0.3) is 0 Å². The summed E-state index contributed by atoms with van der Waals surface area (Å²) in [6.07, 6.45) is 11.1. The van der Waals surface area contributed by atoms with E-state index in [0.717, 1.165) is 0 Å². The lowest BCUT2D eigenvalue weighted by Crippen LogP contribution is -2.20. The molecule has 0 fully saturated rings. The number of hydrogen-bond acceptors (Lipinski definition) is 1. The van der Waals surface area contributed by atoms with Gasteiger partial charge in [-0.15, -0.1) is 0 Å². The average Bonchev–Trinajstić information content (AvgIpc) is 2.14. The molecule has 0 aromatic carbocycles. The fraction of sp³-hybridized carbons (Fsp3) is 1.00. The molecule has 0 amide bonds. The molecule has 1 unspecified atom stereocenters. The van der Waals surface area contributed by atoms with Gasteiger partial charge in [-0.3, -0.25) is 0 Å². The van der Waals surface area contributed by atoms with E-state index in [-0.39, 0.29) is 0 Å². The van der Waals surface area contributed by atoms with E-state index < -0.39 is 0 Å². The molecule has 0 nitrogen and oxygen atoms in total. The topological polar surface area (TPSA) is 0 Å². The third-order valence-electron chi connectivity index (χ3n) is 3.08. The first-order valence-electron chi connectivity index (χ1n) is 6.66. The molecule has 0 aliphatic heterocycles. The Morgan fingerprint density at radius 2 is 1.33 bits per heavy atom. The molecule has 0 aliphatic rings. The second kappa shape index (κ2) is 8.50. The fourth-order valence-electron chi connectivity index (χ4n) is 1.73. The molecule has 0 bridgehead atoms. The first-order chi connectivity index (χ1) is 6.98. The highest BCUT2D eigenvalue weighted by Gasteiger charge is 2.19. The van der Waals surface area contributed by atoms with Gasteiger partial charge >= 0.3 is 0 Å². The summed E-state index contributed by atoms with van der Waals surface area (Å²) in [5.41, 5.74) is 0.366. The van der Waals surface area contributed by atoms with Crippen LogP contribution in [0.3, 0.4) is 0 Å². The summed E-state index contributed by atoms with van der Waals surface area (Å²) in [5.74, 6) is 0. The lowest BCUT2D eigenvalue weighted by atomic mass is 9.88. The van der Waals surface area contributed by atoms with E-state index in [1.54, 1.807) is 0 Å². The number of thiol groups is 1. The highest BCUT2D eigenvalue weighted by molar-refractivity contribution is 7.81. The predicted molar refractivity (Wildman–Crippen MR) is 74.8 cm³/mol. The maximum Gasteiger partial charge on any atom is 0.00653 e. The SMILES string of the molecule is CCCCCCCCCC(S)C(C)(C)C. The Morgan fingerprint density at radius 3 is 1.80 bits per heavy atom. The molecule has 0 radical (unpaired) electrons. The van der Waals surface area contributed by atoms with Gasteiger partial charge < -0.3 is 0 Å². The van der Waals surface area contributed by atoms with Crippen LogP contribution in [0.2, 0.25) is 0 Å². The third kappa shape index (κ3) is 9.29. The number of hydrogen-bond donors (Lipinski definition) is 1.